The normalized spacial score (nSPS) is 57.3. The van der Waals surface area contributed by atoms with Gasteiger partial charge in [-0.2, -0.15) is 0 Å². The van der Waals surface area contributed by atoms with E-state index in [9.17, 15) is 15.3 Å². The van der Waals surface area contributed by atoms with Gasteiger partial charge in [-0.15, -0.1) is 0 Å². The number of nitrogens with zero attached hydrogens (tertiary/aromatic N) is 1. The van der Waals surface area contributed by atoms with Crippen molar-refractivity contribution in [2.75, 3.05) is 19.7 Å². The zero-order valence-electron chi connectivity index (χ0n) is 27.0. The van der Waals surface area contributed by atoms with E-state index in [0.29, 0.717) is 52.9 Å². The average Bonchev–Trinajstić information content (AvgIpc) is 3.34. The first-order valence-corrected chi connectivity index (χ1v) is 17.7. The number of aliphatic hydroxyl groups is 3. The Morgan fingerprint density at radius 1 is 0.780 bits per heavy atom. The molecular weight excluding hydrogens is 506 g/mol. The zero-order valence-corrected chi connectivity index (χ0v) is 27.0. The number of hydrogen-bond acceptors (Lipinski definition) is 4. The van der Waals surface area contributed by atoms with Crippen LogP contribution in [0.4, 0.5) is 0 Å². The fraction of sp³-hybridized carbons (Fsp3) is 0.946. The van der Waals surface area contributed by atoms with Crippen molar-refractivity contribution in [3.63, 3.8) is 0 Å². The molecular formula is C37H61NO3. The summed E-state index contributed by atoms with van der Waals surface area (Å²) in [6.45, 7) is 20.1. The molecule has 12 atom stereocenters. The predicted octanol–water partition coefficient (Wildman–Crippen LogP) is 6.82. The Kier molecular flexibility index (Phi) is 6.82. The molecule has 8 aliphatic rings. The number of aliphatic hydroxyl groups excluding tert-OH is 3. The highest BCUT2D eigenvalue weighted by Crippen LogP contribution is 2.77. The van der Waals surface area contributed by atoms with Gasteiger partial charge in [0.25, 0.3) is 0 Å². The van der Waals surface area contributed by atoms with E-state index in [1.54, 1.807) is 0 Å². The van der Waals surface area contributed by atoms with Crippen molar-refractivity contribution >= 4 is 0 Å². The molecule has 3 saturated heterocycles. The van der Waals surface area contributed by atoms with E-state index >= 15 is 0 Å². The lowest BCUT2D eigenvalue weighted by Gasteiger charge is -2.73. The second-order valence-electron chi connectivity index (χ2n) is 18.0. The third kappa shape index (κ3) is 3.78. The molecule has 41 heavy (non-hydrogen) atoms. The molecule has 5 aliphatic carbocycles. The first-order chi connectivity index (χ1) is 19.3. The molecule has 0 radical (unpaired) electrons. The SMILES string of the molecule is C=C(CC1C(O)C2CCN1CC2)[C@@H]1CC[C@]2(CO)CC[C@]3(C)[C@H](CCC4[C@@]5(C)CCC(O)C(C)(C)[C@@H]5CC[C@]43C)[C@@H]12. The highest BCUT2D eigenvalue weighted by molar-refractivity contribution is 5.23. The Balaban J connectivity index is 1.19. The second kappa shape index (κ2) is 9.54. The van der Waals surface area contributed by atoms with Crippen LogP contribution in [0.5, 0.6) is 0 Å². The molecule has 0 spiro atoms. The van der Waals surface area contributed by atoms with Crippen molar-refractivity contribution in [1.29, 1.82) is 0 Å². The maximum absolute atomic E-state index is 11.2. The first kappa shape index (κ1) is 29.3. The summed E-state index contributed by atoms with van der Waals surface area (Å²) in [7, 11) is 0. The quantitative estimate of drug-likeness (QED) is 0.326. The van der Waals surface area contributed by atoms with Crippen LogP contribution >= 0.6 is 0 Å². The lowest BCUT2D eigenvalue weighted by molar-refractivity contribution is -0.249. The molecule has 0 amide bonds. The summed E-state index contributed by atoms with van der Waals surface area (Å²) in [5.74, 6) is 3.45. The molecule has 5 saturated carbocycles. The van der Waals surface area contributed by atoms with Crippen molar-refractivity contribution in [3.05, 3.63) is 12.2 Å². The van der Waals surface area contributed by atoms with E-state index < -0.39 is 0 Å². The largest absolute Gasteiger partial charge is 0.396 e. The number of rotatable bonds is 4. The molecule has 3 heterocycles. The van der Waals surface area contributed by atoms with Gasteiger partial charge in [-0.05, 0) is 159 Å². The van der Waals surface area contributed by atoms with Crippen molar-refractivity contribution in [3.8, 4) is 0 Å². The minimum atomic E-state index is -0.196. The number of piperidine rings is 3. The molecule has 8 fully saturated rings. The van der Waals surface area contributed by atoms with Crippen molar-refractivity contribution in [2.24, 2.45) is 62.6 Å². The lowest BCUT2D eigenvalue weighted by atomic mass is 9.32. The fourth-order valence-electron chi connectivity index (χ4n) is 14.2. The van der Waals surface area contributed by atoms with Gasteiger partial charge in [0.15, 0.2) is 0 Å². The second-order valence-corrected chi connectivity index (χ2v) is 18.0. The van der Waals surface area contributed by atoms with Crippen LogP contribution in [-0.2, 0) is 0 Å². The molecule has 4 nitrogen and oxygen atoms in total. The van der Waals surface area contributed by atoms with Gasteiger partial charge >= 0.3 is 0 Å². The summed E-state index contributed by atoms with van der Waals surface area (Å²) in [5.41, 5.74) is 2.33. The smallest absolute Gasteiger partial charge is 0.0727 e. The van der Waals surface area contributed by atoms with Gasteiger partial charge in [-0.3, -0.25) is 4.90 Å². The van der Waals surface area contributed by atoms with Gasteiger partial charge in [0.1, 0.15) is 0 Å². The van der Waals surface area contributed by atoms with Crippen molar-refractivity contribution in [1.82, 2.24) is 4.90 Å². The van der Waals surface area contributed by atoms with Crippen LogP contribution in [0.25, 0.3) is 0 Å². The summed E-state index contributed by atoms with van der Waals surface area (Å²) in [5, 5.41) is 33.3. The first-order valence-electron chi connectivity index (χ1n) is 17.7. The van der Waals surface area contributed by atoms with Crippen LogP contribution in [0.2, 0.25) is 0 Å². The Bertz CT molecular complexity index is 1050. The van der Waals surface area contributed by atoms with Gasteiger partial charge in [-0.1, -0.05) is 46.8 Å². The predicted molar refractivity (Wildman–Crippen MR) is 165 cm³/mol. The van der Waals surface area contributed by atoms with E-state index in [1.165, 1.54) is 50.5 Å². The van der Waals surface area contributed by atoms with Crippen LogP contribution in [-0.4, -0.2) is 58.2 Å². The Morgan fingerprint density at radius 3 is 2.20 bits per heavy atom. The molecule has 4 unspecified atom stereocenters. The summed E-state index contributed by atoms with van der Waals surface area (Å²) in [4.78, 5) is 2.56. The lowest BCUT2D eigenvalue weighted by Crippen LogP contribution is -2.66. The minimum absolute atomic E-state index is 0.00185. The third-order valence-electron chi connectivity index (χ3n) is 16.8. The summed E-state index contributed by atoms with van der Waals surface area (Å²) >= 11 is 0. The summed E-state index contributed by atoms with van der Waals surface area (Å²) in [6.07, 6.45) is 14.9. The van der Waals surface area contributed by atoms with E-state index in [0.717, 1.165) is 51.6 Å². The van der Waals surface area contributed by atoms with Crippen LogP contribution in [0.15, 0.2) is 12.2 Å². The minimum Gasteiger partial charge on any atom is -0.396 e. The third-order valence-corrected chi connectivity index (χ3v) is 16.8. The van der Waals surface area contributed by atoms with Crippen LogP contribution in [0, 0.1) is 62.6 Å². The highest BCUT2D eigenvalue weighted by atomic mass is 16.3. The molecule has 3 aliphatic heterocycles. The standard InChI is InChI=1S/C37H61NO3/c1-23(21-27-32(41)24-12-19-38(27)20-13-24)25-9-16-37(22-39)18-17-35(5)26(31(25)37)7-8-29-34(4)14-11-30(40)33(2,3)28(34)10-15-36(29,35)6/h24-32,39-41H,1,7-22H2,2-6H3/t25-,26+,27?,28-,29?,30?,31+,32?,34-,35+,36+,37+/m0/s1. The fourth-order valence-corrected chi connectivity index (χ4v) is 14.2. The maximum atomic E-state index is 11.2. The summed E-state index contributed by atoms with van der Waals surface area (Å²) in [6, 6.07) is 0.252. The van der Waals surface area contributed by atoms with E-state index in [-0.39, 0.29) is 34.5 Å². The van der Waals surface area contributed by atoms with Gasteiger partial charge in [-0.25, -0.2) is 0 Å². The van der Waals surface area contributed by atoms with Crippen molar-refractivity contribution in [2.45, 2.75) is 136 Å². The van der Waals surface area contributed by atoms with Gasteiger partial charge in [0.2, 0.25) is 0 Å². The monoisotopic (exact) mass is 567 g/mol. The van der Waals surface area contributed by atoms with Crippen LogP contribution in [0.3, 0.4) is 0 Å². The van der Waals surface area contributed by atoms with E-state index in [2.05, 4.69) is 39.5 Å². The topological polar surface area (TPSA) is 63.9 Å². The molecule has 0 aromatic rings. The average molecular weight is 568 g/mol. The molecule has 3 N–H and O–H groups in total. The Hall–Kier alpha value is -0.420. The number of hydrogen-bond donors (Lipinski definition) is 3. The van der Waals surface area contributed by atoms with Gasteiger partial charge < -0.3 is 15.3 Å². The molecule has 2 bridgehead atoms. The van der Waals surface area contributed by atoms with Crippen molar-refractivity contribution < 1.29 is 15.3 Å². The maximum Gasteiger partial charge on any atom is 0.0727 e. The van der Waals surface area contributed by atoms with Crippen LogP contribution < -0.4 is 0 Å². The van der Waals surface area contributed by atoms with Gasteiger partial charge in [0, 0.05) is 12.6 Å². The molecule has 4 heteroatoms. The zero-order chi connectivity index (χ0) is 29.2. The van der Waals surface area contributed by atoms with Crippen LogP contribution in [0.1, 0.15) is 118 Å². The highest BCUT2D eigenvalue weighted by Gasteiger charge is 2.70. The molecule has 232 valence electrons. The molecule has 8 rings (SSSR count). The summed E-state index contributed by atoms with van der Waals surface area (Å²) < 4.78 is 0. The van der Waals surface area contributed by atoms with E-state index in [1.807, 2.05) is 0 Å². The molecule has 0 aromatic carbocycles. The Morgan fingerprint density at radius 2 is 1.51 bits per heavy atom. The van der Waals surface area contributed by atoms with E-state index in [4.69, 9.17) is 6.58 Å². The number of fused-ring (bicyclic) bond motifs is 10. The Labute approximate surface area is 250 Å². The van der Waals surface area contributed by atoms with Gasteiger partial charge in [0.05, 0.1) is 12.2 Å². The molecule has 0 aromatic heterocycles.